The van der Waals surface area contributed by atoms with E-state index in [1.807, 2.05) is 18.3 Å². The highest BCUT2D eigenvalue weighted by Crippen LogP contribution is 2.23. The molecule has 1 heterocycles. The molecule has 7 heteroatoms. The van der Waals surface area contributed by atoms with Crippen molar-refractivity contribution in [2.24, 2.45) is 5.92 Å². The lowest BCUT2D eigenvalue weighted by atomic mass is 9.89. The van der Waals surface area contributed by atoms with E-state index in [0.717, 1.165) is 35.8 Å². The molecule has 1 aliphatic rings. The predicted molar refractivity (Wildman–Crippen MR) is 103 cm³/mol. The number of rotatable bonds is 6. The Morgan fingerprint density at radius 1 is 1.08 bits per heavy atom. The van der Waals surface area contributed by atoms with Crippen LogP contribution in [0.25, 0.3) is 5.69 Å². The maximum Gasteiger partial charge on any atom is 0.251 e. The van der Waals surface area contributed by atoms with Crippen molar-refractivity contribution in [2.75, 3.05) is 13.1 Å². The standard InChI is InChI=1S/C19H23BrN4O2/c20-16-12-23-24(13-16)17-8-6-15(7-9-17)19(26)22-11-10-21-18(25)14-4-2-1-3-5-14/h6-9,12-14H,1-5,10-11H2,(H,21,25)(H,22,26). The van der Waals surface area contributed by atoms with Gasteiger partial charge in [0.2, 0.25) is 5.91 Å². The molecule has 1 fully saturated rings. The van der Waals surface area contributed by atoms with E-state index < -0.39 is 0 Å². The first-order valence-corrected chi connectivity index (χ1v) is 9.79. The Morgan fingerprint density at radius 2 is 1.77 bits per heavy atom. The largest absolute Gasteiger partial charge is 0.354 e. The fourth-order valence-electron chi connectivity index (χ4n) is 3.18. The molecule has 138 valence electrons. The van der Waals surface area contributed by atoms with Gasteiger partial charge in [-0.2, -0.15) is 5.10 Å². The number of carbonyl (C=O) groups is 2. The normalized spacial score (nSPS) is 14.8. The molecular weight excluding hydrogens is 396 g/mol. The molecule has 6 nitrogen and oxygen atoms in total. The molecule has 26 heavy (non-hydrogen) atoms. The lowest BCUT2D eigenvalue weighted by molar-refractivity contribution is -0.125. The molecule has 0 spiro atoms. The Hall–Kier alpha value is -2.15. The molecule has 0 saturated heterocycles. The number of aromatic nitrogens is 2. The van der Waals surface area contributed by atoms with Crippen molar-refractivity contribution < 1.29 is 9.59 Å². The number of hydrogen-bond acceptors (Lipinski definition) is 3. The molecule has 1 aromatic carbocycles. The van der Waals surface area contributed by atoms with Gasteiger partial charge >= 0.3 is 0 Å². The summed E-state index contributed by atoms with van der Waals surface area (Å²) in [5.74, 6) is 0.119. The van der Waals surface area contributed by atoms with Crippen LogP contribution in [0.5, 0.6) is 0 Å². The summed E-state index contributed by atoms with van der Waals surface area (Å²) in [5.41, 5.74) is 1.46. The van der Waals surface area contributed by atoms with Crippen LogP contribution in [0.4, 0.5) is 0 Å². The van der Waals surface area contributed by atoms with Gasteiger partial charge in [0.1, 0.15) is 0 Å². The van der Waals surface area contributed by atoms with Gasteiger partial charge in [-0.3, -0.25) is 9.59 Å². The number of hydrogen-bond donors (Lipinski definition) is 2. The van der Waals surface area contributed by atoms with Gasteiger partial charge < -0.3 is 10.6 Å². The lowest BCUT2D eigenvalue weighted by Crippen LogP contribution is -2.38. The molecule has 0 radical (unpaired) electrons. The predicted octanol–water partition coefficient (Wildman–Crippen LogP) is 3.06. The minimum absolute atomic E-state index is 0.119. The lowest BCUT2D eigenvalue weighted by Gasteiger charge is -2.20. The summed E-state index contributed by atoms with van der Waals surface area (Å²) < 4.78 is 2.63. The zero-order chi connectivity index (χ0) is 18.4. The van der Waals surface area contributed by atoms with Crippen LogP contribution in [0.3, 0.4) is 0 Å². The zero-order valence-electron chi connectivity index (χ0n) is 14.6. The smallest absolute Gasteiger partial charge is 0.251 e. The van der Waals surface area contributed by atoms with Gasteiger partial charge in [0.05, 0.1) is 16.4 Å². The average Bonchev–Trinajstić information content (AvgIpc) is 3.12. The summed E-state index contributed by atoms with van der Waals surface area (Å²) in [4.78, 5) is 24.2. The van der Waals surface area contributed by atoms with Crippen molar-refractivity contribution >= 4 is 27.7 Å². The molecule has 1 saturated carbocycles. The van der Waals surface area contributed by atoms with Crippen molar-refractivity contribution in [1.29, 1.82) is 0 Å². The van der Waals surface area contributed by atoms with Gasteiger partial charge in [0, 0.05) is 30.8 Å². The second kappa shape index (κ2) is 8.98. The third-order valence-corrected chi connectivity index (χ3v) is 5.04. The molecule has 0 bridgehead atoms. The van der Waals surface area contributed by atoms with Gasteiger partial charge in [-0.15, -0.1) is 0 Å². The molecule has 1 aromatic heterocycles. The van der Waals surface area contributed by atoms with E-state index in [4.69, 9.17) is 0 Å². The summed E-state index contributed by atoms with van der Waals surface area (Å²) in [6.07, 6.45) is 9.04. The number of halogens is 1. The van der Waals surface area contributed by atoms with Crippen LogP contribution in [0, 0.1) is 5.92 Å². The third kappa shape index (κ3) is 4.94. The van der Waals surface area contributed by atoms with Crippen LogP contribution < -0.4 is 10.6 Å². The number of amides is 2. The quantitative estimate of drug-likeness (QED) is 0.707. The van der Waals surface area contributed by atoms with E-state index in [2.05, 4.69) is 31.7 Å². The van der Waals surface area contributed by atoms with E-state index in [9.17, 15) is 9.59 Å². The first-order chi connectivity index (χ1) is 12.6. The molecular formula is C19H23BrN4O2. The molecule has 1 aliphatic carbocycles. The van der Waals surface area contributed by atoms with Gasteiger partial charge in [-0.05, 0) is 53.0 Å². The molecule has 3 rings (SSSR count). The van der Waals surface area contributed by atoms with E-state index in [0.29, 0.717) is 18.7 Å². The Bertz CT molecular complexity index is 751. The van der Waals surface area contributed by atoms with Crippen LogP contribution in [-0.4, -0.2) is 34.7 Å². The minimum Gasteiger partial charge on any atom is -0.354 e. The van der Waals surface area contributed by atoms with Crippen LogP contribution in [0.15, 0.2) is 41.1 Å². The van der Waals surface area contributed by atoms with Crippen molar-refractivity contribution in [1.82, 2.24) is 20.4 Å². The fourth-order valence-corrected chi connectivity index (χ4v) is 3.47. The fraction of sp³-hybridized carbons (Fsp3) is 0.421. The highest BCUT2D eigenvalue weighted by atomic mass is 79.9. The van der Waals surface area contributed by atoms with Crippen LogP contribution >= 0.6 is 15.9 Å². The maximum absolute atomic E-state index is 12.2. The SMILES string of the molecule is O=C(NCCNC(=O)C1CCCCC1)c1ccc(-n2cc(Br)cn2)cc1. The van der Waals surface area contributed by atoms with E-state index in [-0.39, 0.29) is 17.7 Å². The summed E-state index contributed by atoms with van der Waals surface area (Å²) in [6, 6.07) is 7.22. The molecule has 2 aromatic rings. The Labute approximate surface area is 161 Å². The first kappa shape index (κ1) is 18.6. The number of carbonyl (C=O) groups excluding carboxylic acids is 2. The Kier molecular flexibility index (Phi) is 6.44. The average molecular weight is 419 g/mol. The van der Waals surface area contributed by atoms with Gasteiger partial charge in [-0.1, -0.05) is 19.3 Å². The summed E-state index contributed by atoms with van der Waals surface area (Å²) in [7, 11) is 0. The van der Waals surface area contributed by atoms with E-state index >= 15 is 0 Å². The summed E-state index contributed by atoms with van der Waals surface area (Å²) >= 11 is 3.36. The second-order valence-electron chi connectivity index (χ2n) is 6.53. The van der Waals surface area contributed by atoms with Crippen molar-refractivity contribution in [3.05, 3.63) is 46.7 Å². The molecule has 2 amide bonds. The summed E-state index contributed by atoms with van der Waals surface area (Å²) in [6.45, 7) is 0.881. The molecule has 2 N–H and O–H groups in total. The highest BCUT2D eigenvalue weighted by Gasteiger charge is 2.20. The Morgan fingerprint density at radius 3 is 2.42 bits per heavy atom. The van der Waals surface area contributed by atoms with Crippen LogP contribution in [0.1, 0.15) is 42.5 Å². The maximum atomic E-state index is 12.2. The number of nitrogens with zero attached hydrogens (tertiary/aromatic N) is 2. The van der Waals surface area contributed by atoms with Crippen molar-refractivity contribution in [3.63, 3.8) is 0 Å². The minimum atomic E-state index is -0.148. The number of benzene rings is 1. The number of nitrogens with one attached hydrogen (secondary N) is 2. The zero-order valence-corrected chi connectivity index (χ0v) is 16.2. The molecule has 0 aliphatic heterocycles. The van der Waals surface area contributed by atoms with Crippen LogP contribution in [-0.2, 0) is 4.79 Å². The third-order valence-electron chi connectivity index (χ3n) is 4.63. The van der Waals surface area contributed by atoms with Gasteiger partial charge in [0.25, 0.3) is 5.91 Å². The second-order valence-corrected chi connectivity index (χ2v) is 7.45. The molecule has 0 atom stereocenters. The highest BCUT2D eigenvalue weighted by molar-refractivity contribution is 9.10. The summed E-state index contributed by atoms with van der Waals surface area (Å²) in [5, 5.41) is 9.96. The van der Waals surface area contributed by atoms with Gasteiger partial charge in [-0.25, -0.2) is 4.68 Å². The molecule has 0 unspecified atom stereocenters. The monoisotopic (exact) mass is 418 g/mol. The van der Waals surface area contributed by atoms with Crippen molar-refractivity contribution in [3.8, 4) is 5.69 Å². The van der Waals surface area contributed by atoms with E-state index in [1.165, 1.54) is 6.42 Å². The van der Waals surface area contributed by atoms with Crippen molar-refractivity contribution in [2.45, 2.75) is 32.1 Å². The van der Waals surface area contributed by atoms with Gasteiger partial charge in [0.15, 0.2) is 0 Å². The van der Waals surface area contributed by atoms with E-state index in [1.54, 1.807) is 23.0 Å². The van der Waals surface area contributed by atoms with Crippen LogP contribution in [0.2, 0.25) is 0 Å². The first-order valence-electron chi connectivity index (χ1n) is 9.00. The topological polar surface area (TPSA) is 76.0 Å². The Balaban J connectivity index is 1.42.